The number of hydrogen-bond donors (Lipinski definition) is 0. The number of anilines is 1. The highest BCUT2D eigenvalue weighted by Gasteiger charge is 2.37. The SMILES string of the molecule is Cc1nc2c(N3C[C@@H](C)N(C(c4ccc(Br)cc4)c4ccc(Br)cc4)C[C@@H]3C)nc3nncn3c2n1C[C@@H]1CCCO1. The molecule has 218 valence electrons. The molecule has 2 aliphatic heterocycles. The average Bonchev–Trinajstić information content (AvgIpc) is 3.73. The molecule has 2 aliphatic rings. The van der Waals surface area contributed by atoms with Crippen LogP contribution in [0.1, 0.15) is 49.7 Å². The van der Waals surface area contributed by atoms with E-state index in [4.69, 9.17) is 14.7 Å². The van der Waals surface area contributed by atoms with Crippen molar-refractivity contribution in [3.05, 3.63) is 80.8 Å². The number of piperazine rings is 1. The number of benzene rings is 2. The zero-order valence-electron chi connectivity index (χ0n) is 24.0. The Kier molecular flexibility index (Phi) is 7.54. The molecule has 0 radical (unpaired) electrons. The van der Waals surface area contributed by atoms with Gasteiger partial charge in [0.2, 0.25) is 0 Å². The van der Waals surface area contributed by atoms with Crippen molar-refractivity contribution in [3.63, 3.8) is 0 Å². The lowest BCUT2D eigenvalue weighted by molar-refractivity contribution is 0.0972. The molecule has 0 amide bonds. The molecule has 0 aliphatic carbocycles. The quantitative estimate of drug-likeness (QED) is 0.210. The van der Waals surface area contributed by atoms with E-state index in [1.165, 1.54) is 11.1 Å². The largest absolute Gasteiger partial charge is 0.376 e. The molecule has 3 aromatic heterocycles. The lowest BCUT2D eigenvalue weighted by atomic mass is 9.93. The molecule has 5 heterocycles. The van der Waals surface area contributed by atoms with Crippen LogP contribution in [-0.4, -0.2) is 71.9 Å². The molecule has 0 unspecified atom stereocenters. The van der Waals surface area contributed by atoms with Gasteiger partial charge in [0.05, 0.1) is 18.7 Å². The van der Waals surface area contributed by atoms with Gasteiger partial charge in [-0.05, 0) is 69.0 Å². The molecule has 3 atom stereocenters. The maximum absolute atomic E-state index is 6.00. The van der Waals surface area contributed by atoms with E-state index in [1.54, 1.807) is 6.33 Å². The molecule has 0 saturated carbocycles. The highest BCUT2D eigenvalue weighted by Crippen LogP contribution is 2.37. The first kappa shape index (κ1) is 27.9. The van der Waals surface area contributed by atoms with Gasteiger partial charge in [0.15, 0.2) is 11.5 Å². The second kappa shape index (κ2) is 11.3. The molecule has 0 bridgehead atoms. The van der Waals surface area contributed by atoms with Crippen LogP contribution in [0.4, 0.5) is 5.82 Å². The van der Waals surface area contributed by atoms with E-state index in [0.29, 0.717) is 5.78 Å². The van der Waals surface area contributed by atoms with Crippen molar-refractivity contribution in [2.24, 2.45) is 0 Å². The standard InChI is InChI=1S/C31H34Br2N8O/c1-19-16-39(20(2)15-38(19)28(22-6-10-24(32)11-7-22)23-8-12-25(33)13-9-23)29-27-30(41-18-34-37-31(41)36-29)40(21(3)35-27)17-26-5-4-14-42-26/h6-13,18-20,26,28H,4-5,14-17H2,1-3H3/t19-,20+,26+/m1/s1. The van der Waals surface area contributed by atoms with Gasteiger partial charge in [0.25, 0.3) is 5.78 Å². The minimum absolute atomic E-state index is 0.130. The highest BCUT2D eigenvalue weighted by atomic mass is 79.9. The van der Waals surface area contributed by atoms with Crippen molar-refractivity contribution in [2.45, 2.75) is 64.4 Å². The Bertz CT molecular complexity index is 1670. The van der Waals surface area contributed by atoms with Gasteiger partial charge in [-0.2, -0.15) is 4.98 Å². The third-order valence-electron chi connectivity index (χ3n) is 8.73. The molecule has 7 rings (SSSR count). The van der Waals surface area contributed by atoms with Crippen LogP contribution < -0.4 is 4.90 Å². The minimum Gasteiger partial charge on any atom is -0.376 e. The molecule has 2 fully saturated rings. The van der Waals surface area contributed by atoms with Crippen LogP contribution in [0.15, 0.2) is 63.8 Å². The Morgan fingerprint density at radius 1 is 0.929 bits per heavy atom. The molecular weight excluding hydrogens is 660 g/mol. The van der Waals surface area contributed by atoms with Crippen molar-refractivity contribution in [2.75, 3.05) is 24.6 Å². The van der Waals surface area contributed by atoms with Crippen LogP contribution in [0.3, 0.4) is 0 Å². The lowest BCUT2D eigenvalue weighted by Gasteiger charge is -2.48. The first-order chi connectivity index (χ1) is 20.4. The predicted molar refractivity (Wildman–Crippen MR) is 171 cm³/mol. The number of ether oxygens (including phenoxy) is 1. The second-order valence-corrected chi connectivity index (χ2v) is 13.4. The molecule has 2 saturated heterocycles. The van der Waals surface area contributed by atoms with Gasteiger partial charge < -0.3 is 14.2 Å². The third-order valence-corrected chi connectivity index (χ3v) is 9.78. The molecule has 5 aromatic rings. The van der Waals surface area contributed by atoms with Gasteiger partial charge in [0.1, 0.15) is 17.7 Å². The summed E-state index contributed by atoms with van der Waals surface area (Å²) in [5.41, 5.74) is 4.43. The fourth-order valence-electron chi connectivity index (χ4n) is 6.63. The van der Waals surface area contributed by atoms with E-state index >= 15 is 0 Å². The molecule has 11 heteroatoms. The van der Waals surface area contributed by atoms with Crippen LogP contribution in [0, 0.1) is 6.92 Å². The van der Waals surface area contributed by atoms with Gasteiger partial charge in [-0.25, -0.2) is 9.38 Å². The van der Waals surface area contributed by atoms with Crippen LogP contribution >= 0.6 is 31.9 Å². The van der Waals surface area contributed by atoms with Crippen molar-refractivity contribution in [1.82, 2.24) is 34.0 Å². The number of aryl methyl sites for hydroxylation is 1. The zero-order valence-corrected chi connectivity index (χ0v) is 27.2. The maximum Gasteiger partial charge on any atom is 0.258 e. The fourth-order valence-corrected chi connectivity index (χ4v) is 7.16. The summed E-state index contributed by atoms with van der Waals surface area (Å²) in [7, 11) is 0. The number of aromatic nitrogens is 6. The second-order valence-electron chi connectivity index (χ2n) is 11.6. The summed E-state index contributed by atoms with van der Waals surface area (Å²) in [5, 5.41) is 8.59. The van der Waals surface area contributed by atoms with Crippen molar-refractivity contribution in [1.29, 1.82) is 0 Å². The van der Waals surface area contributed by atoms with Crippen molar-refractivity contribution in [3.8, 4) is 0 Å². The minimum atomic E-state index is 0.130. The first-order valence-corrected chi connectivity index (χ1v) is 16.2. The molecule has 0 spiro atoms. The fraction of sp³-hybridized carbons (Fsp3) is 0.419. The molecule has 0 N–H and O–H groups in total. The average molecular weight is 694 g/mol. The van der Waals surface area contributed by atoms with E-state index in [0.717, 1.165) is 70.8 Å². The van der Waals surface area contributed by atoms with E-state index in [-0.39, 0.29) is 24.2 Å². The Morgan fingerprint density at radius 2 is 1.62 bits per heavy atom. The summed E-state index contributed by atoms with van der Waals surface area (Å²) in [4.78, 5) is 15.2. The normalized spacial score (nSPS) is 21.8. The molecule has 42 heavy (non-hydrogen) atoms. The number of halogens is 2. The summed E-state index contributed by atoms with van der Waals surface area (Å²) >= 11 is 7.23. The third kappa shape index (κ3) is 5.04. The Morgan fingerprint density at radius 3 is 2.26 bits per heavy atom. The van der Waals surface area contributed by atoms with Gasteiger partial charge in [-0.15, -0.1) is 10.2 Å². The summed E-state index contributed by atoms with van der Waals surface area (Å²) in [5.74, 6) is 2.42. The summed E-state index contributed by atoms with van der Waals surface area (Å²) < 4.78 is 12.4. The summed E-state index contributed by atoms with van der Waals surface area (Å²) in [6.45, 7) is 9.95. The van der Waals surface area contributed by atoms with Gasteiger partial charge in [-0.1, -0.05) is 56.1 Å². The monoisotopic (exact) mass is 692 g/mol. The number of hydrogen-bond acceptors (Lipinski definition) is 7. The molecular formula is C31H34Br2N8O. The number of nitrogens with zero attached hydrogens (tertiary/aromatic N) is 8. The number of imidazole rings is 1. The first-order valence-electron chi connectivity index (χ1n) is 14.6. The summed E-state index contributed by atoms with van der Waals surface area (Å²) in [6, 6.07) is 18.0. The van der Waals surface area contributed by atoms with Crippen LogP contribution in [0.2, 0.25) is 0 Å². The Balaban J connectivity index is 1.26. The van der Waals surface area contributed by atoms with Crippen LogP contribution in [-0.2, 0) is 11.3 Å². The lowest BCUT2D eigenvalue weighted by Crippen LogP contribution is -2.57. The van der Waals surface area contributed by atoms with Crippen molar-refractivity contribution >= 4 is 54.6 Å². The van der Waals surface area contributed by atoms with E-state index in [1.807, 2.05) is 4.40 Å². The van der Waals surface area contributed by atoms with Crippen LogP contribution in [0.25, 0.3) is 16.9 Å². The highest BCUT2D eigenvalue weighted by molar-refractivity contribution is 9.10. The van der Waals surface area contributed by atoms with Gasteiger partial charge in [-0.3, -0.25) is 4.90 Å². The van der Waals surface area contributed by atoms with Gasteiger partial charge >= 0.3 is 0 Å². The topological polar surface area (TPSA) is 76.6 Å². The Labute approximate surface area is 262 Å². The predicted octanol–water partition coefficient (Wildman–Crippen LogP) is 6.18. The Hall–Kier alpha value is -2.86. The maximum atomic E-state index is 6.00. The van der Waals surface area contributed by atoms with E-state index in [9.17, 15) is 0 Å². The number of fused-ring (bicyclic) bond motifs is 3. The van der Waals surface area contributed by atoms with E-state index < -0.39 is 0 Å². The summed E-state index contributed by atoms with van der Waals surface area (Å²) in [6.07, 6.45) is 4.11. The molecule has 9 nitrogen and oxygen atoms in total. The van der Waals surface area contributed by atoms with Gasteiger partial charge in [0, 0.05) is 40.7 Å². The van der Waals surface area contributed by atoms with E-state index in [2.05, 4.69) is 126 Å². The zero-order chi connectivity index (χ0) is 29.0. The molecule has 2 aromatic carbocycles. The smallest absolute Gasteiger partial charge is 0.258 e. The van der Waals surface area contributed by atoms with Crippen LogP contribution in [0.5, 0.6) is 0 Å². The number of rotatable bonds is 6. The van der Waals surface area contributed by atoms with Crippen molar-refractivity contribution < 1.29 is 4.74 Å².